The molecule has 0 aliphatic carbocycles. The second-order valence-corrected chi connectivity index (χ2v) is 3.08. The van der Waals surface area contributed by atoms with Crippen LogP contribution in [0.3, 0.4) is 0 Å². The van der Waals surface area contributed by atoms with Gasteiger partial charge in [0, 0.05) is 5.56 Å². The summed E-state index contributed by atoms with van der Waals surface area (Å²) in [7, 11) is 3.15. The van der Waals surface area contributed by atoms with Gasteiger partial charge in [-0.2, -0.15) is 0 Å². The number of benzene rings is 1. The third-order valence-corrected chi connectivity index (χ3v) is 2.19. The summed E-state index contributed by atoms with van der Waals surface area (Å²) >= 11 is 0. The van der Waals surface area contributed by atoms with E-state index in [1.54, 1.807) is 25.5 Å². The van der Waals surface area contributed by atoms with Gasteiger partial charge in [-0.1, -0.05) is 30.3 Å². The molecular weight excluding hydrogens is 194 g/mol. The molecular formula is C11H13NO3. The van der Waals surface area contributed by atoms with Crippen LogP contribution >= 0.6 is 0 Å². The van der Waals surface area contributed by atoms with Gasteiger partial charge in [0.25, 0.3) is 0 Å². The van der Waals surface area contributed by atoms with Crippen molar-refractivity contribution in [1.29, 1.82) is 0 Å². The van der Waals surface area contributed by atoms with E-state index in [9.17, 15) is 0 Å². The average molecular weight is 207 g/mol. The Labute approximate surface area is 88.6 Å². The van der Waals surface area contributed by atoms with Gasteiger partial charge >= 0.3 is 5.95 Å². The number of hydrogen-bond donors (Lipinski definition) is 0. The van der Waals surface area contributed by atoms with Crippen LogP contribution in [-0.2, 0) is 14.3 Å². The molecule has 4 nitrogen and oxygen atoms in total. The molecule has 2 rings (SSSR count). The van der Waals surface area contributed by atoms with E-state index in [0.717, 1.165) is 5.56 Å². The van der Waals surface area contributed by atoms with Crippen molar-refractivity contribution >= 4 is 0 Å². The van der Waals surface area contributed by atoms with E-state index in [4.69, 9.17) is 14.3 Å². The number of methoxy groups -OCH3 is 1. The van der Waals surface area contributed by atoms with E-state index in [1.807, 2.05) is 30.3 Å². The van der Waals surface area contributed by atoms with Crippen LogP contribution in [-0.4, -0.2) is 19.3 Å². The van der Waals surface area contributed by atoms with Crippen LogP contribution in [0.1, 0.15) is 11.8 Å². The summed E-state index contributed by atoms with van der Waals surface area (Å²) in [5.74, 6) is 0.450. The third-order valence-electron chi connectivity index (χ3n) is 2.19. The van der Waals surface area contributed by atoms with Crippen LogP contribution in [0.5, 0.6) is 0 Å². The molecule has 4 heteroatoms. The van der Waals surface area contributed by atoms with E-state index < -0.39 is 0 Å². The highest BCUT2D eigenvalue weighted by atomic mass is 16.8. The predicted octanol–water partition coefficient (Wildman–Crippen LogP) is 2.02. The van der Waals surface area contributed by atoms with Gasteiger partial charge in [0.15, 0.2) is 0 Å². The lowest BCUT2D eigenvalue weighted by atomic mass is 10.2. The average Bonchev–Trinajstić information content (AvgIpc) is 2.73. The summed E-state index contributed by atoms with van der Waals surface area (Å²) < 4.78 is 10.6. The molecule has 0 aromatic heterocycles. The Morgan fingerprint density at radius 2 is 1.93 bits per heavy atom. The highest BCUT2D eigenvalue weighted by Crippen LogP contribution is 2.31. The molecule has 0 amide bonds. The Morgan fingerprint density at radius 3 is 2.53 bits per heavy atom. The Bertz CT molecular complexity index is 350. The van der Waals surface area contributed by atoms with Gasteiger partial charge in [-0.25, -0.2) is 5.06 Å². The first-order valence-corrected chi connectivity index (χ1v) is 4.65. The number of rotatable bonds is 3. The summed E-state index contributed by atoms with van der Waals surface area (Å²) in [5, 5.41) is 1.61. The molecule has 15 heavy (non-hydrogen) atoms. The minimum absolute atomic E-state index is 0.272. The van der Waals surface area contributed by atoms with Gasteiger partial charge in [-0.15, -0.1) is 0 Å². The maximum atomic E-state index is 5.54. The molecule has 0 fully saturated rings. The lowest BCUT2D eigenvalue weighted by Gasteiger charge is -2.21. The summed E-state index contributed by atoms with van der Waals surface area (Å²) in [6, 6.07) is 9.82. The zero-order valence-electron chi connectivity index (χ0n) is 8.71. The zero-order chi connectivity index (χ0) is 10.7. The fraction of sp³-hybridized carbons (Fsp3) is 0.273. The Hall–Kier alpha value is -1.68. The Balaban J connectivity index is 2.19. The van der Waals surface area contributed by atoms with Crippen molar-refractivity contribution in [2.75, 3.05) is 14.2 Å². The minimum atomic E-state index is -0.272. The predicted molar refractivity (Wildman–Crippen MR) is 54.2 cm³/mol. The summed E-state index contributed by atoms with van der Waals surface area (Å²) in [4.78, 5) is 5.16. The van der Waals surface area contributed by atoms with Crippen molar-refractivity contribution in [1.82, 2.24) is 5.06 Å². The molecule has 1 atom stereocenters. The third kappa shape index (κ3) is 1.89. The number of nitrogens with zero attached hydrogens (tertiary/aromatic N) is 1. The maximum absolute atomic E-state index is 5.54. The van der Waals surface area contributed by atoms with Crippen molar-refractivity contribution in [2.45, 2.75) is 6.23 Å². The second kappa shape index (κ2) is 4.23. The van der Waals surface area contributed by atoms with Crippen LogP contribution in [0.4, 0.5) is 0 Å². The lowest BCUT2D eigenvalue weighted by Crippen LogP contribution is -2.19. The normalized spacial score (nSPS) is 19.7. The van der Waals surface area contributed by atoms with Crippen LogP contribution in [0.25, 0.3) is 0 Å². The molecule has 0 N–H and O–H groups in total. The van der Waals surface area contributed by atoms with Crippen LogP contribution in [0.15, 0.2) is 42.5 Å². The SMILES string of the molecule is COC1=CN(OC)C(c2ccccc2)O1. The Kier molecular flexibility index (Phi) is 2.78. The van der Waals surface area contributed by atoms with Gasteiger partial charge in [0.1, 0.15) is 6.20 Å². The molecule has 0 spiro atoms. The smallest absolute Gasteiger partial charge is 0.300 e. The van der Waals surface area contributed by atoms with E-state index in [2.05, 4.69) is 0 Å². The summed E-state index contributed by atoms with van der Waals surface area (Å²) in [5.41, 5.74) is 1.02. The van der Waals surface area contributed by atoms with Crippen LogP contribution < -0.4 is 0 Å². The molecule has 1 aromatic rings. The second-order valence-electron chi connectivity index (χ2n) is 3.08. The lowest BCUT2D eigenvalue weighted by molar-refractivity contribution is -0.178. The monoisotopic (exact) mass is 207 g/mol. The molecule has 1 aliphatic rings. The molecule has 0 radical (unpaired) electrons. The van der Waals surface area contributed by atoms with Crippen molar-refractivity contribution in [3.05, 3.63) is 48.0 Å². The zero-order valence-corrected chi connectivity index (χ0v) is 8.71. The molecule has 0 saturated carbocycles. The first kappa shape index (κ1) is 9.86. The van der Waals surface area contributed by atoms with Crippen LogP contribution in [0.2, 0.25) is 0 Å². The molecule has 1 aromatic carbocycles. The van der Waals surface area contributed by atoms with Crippen molar-refractivity contribution in [3.8, 4) is 0 Å². The van der Waals surface area contributed by atoms with Crippen molar-refractivity contribution < 1.29 is 14.3 Å². The topological polar surface area (TPSA) is 30.9 Å². The van der Waals surface area contributed by atoms with Gasteiger partial charge in [0.05, 0.1) is 14.2 Å². The molecule has 1 heterocycles. The van der Waals surface area contributed by atoms with Gasteiger partial charge in [-0.05, 0) is 0 Å². The number of hydrogen-bond acceptors (Lipinski definition) is 4. The standard InChI is InChI=1S/C11H13NO3/c1-13-10-8-12(14-2)11(15-10)9-6-4-3-5-7-9/h3-8,11H,1-2H3. The molecule has 1 aliphatic heterocycles. The Morgan fingerprint density at radius 1 is 1.20 bits per heavy atom. The largest absolute Gasteiger partial charge is 0.468 e. The fourth-order valence-corrected chi connectivity index (χ4v) is 1.45. The highest BCUT2D eigenvalue weighted by Gasteiger charge is 2.28. The summed E-state index contributed by atoms with van der Waals surface area (Å²) in [6.45, 7) is 0. The van der Waals surface area contributed by atoms with Crippen molar-refractivity contribution in [3.63, 3.8) is 0 Å². The van der Waals surface area contributed by atoms with Crippen molar-refractivity contribution in [2.24, 2.45) is 0 Å². The van der Waals surface area contributed by atoms with E-state index in [0.29, 0.717) is 5.95 Å². The molecule has 80 valence electrons. The molecule has 0 saturated heterocycles. The first-order chi connectivity index (χ1) is 7.35. The fourth-order valence-electron chi connectivity index (χ4n) is 1.45. The molecule has 1 unspecified atom stereocenters. The van der Waals surface area contributed by atoms with Gasteiger partial charge < -0.3 is 9.47 Å². The number of hydroxylamine groups is 2. The molecule has 0 bridgehead atoms. The van der Waals surface area contributed by atoms with E-state index in [-0.39, 0.29) is 6.23 Å². The quantitative estimate of drug-likeness (QED) is 0.758. The van der Waals surface area contributed by atoms with Gasteiger partial charge in [0.2, 0.25) is 6.23 Å². The van der Waals surface area contributed by atoms with E-state index in [1.165, 1.54) is 0 Å². The first-order valence-electron chi connectivity index (χ1n) is 4.65. The van der Waals surface area contributed by atoms with Gasteiger partial charge in [-0.3, -0.25) is 4.84 Å². The highest BCUT2D eigenvalue weighted by molar-refractivity contribution is 5.19. The van der Waals surface area contributed by atoms with Crippen LogP contribution in [0, 0.1) is 0 Å². The maximum Gasteiger partial charge on any atom is 0.300 e. The van der Waals surface area contributed by atoms with E-state index >= 15 is 0 Å². The minimum Gasteiger partial charge on any atom is -0.468 e. The summed E-state index contributed by atoms with van der Waals surface area (Å²) in [6.07, 6.45) is 1.41. The number of ether oxygens (including phenoxy) is 2.